The molecular weight excluding hydrogens is 226 g/mol. The van der Waals surface area contributed by atoms with Crippen molar-refractivity contribution in [1.82, 2.24) is 15.2 Å². The summed E-state index contributed by atoms with van der Waals surface area (Å²) in [6.45, 7) is 6.55. The molecule has 98 valence electrons. The highest BCUT2D eigenvalue weighted by molar-refractivity contribution is 5.93. The molecule has 1 amide bonds. The van der Waals surface area contributed by atoms with Crippen LogP contribution in [-0.2, 0) is 0 Å². The molecule has 1 aliphatic heterocycles. The monoisotopic (exact) mass is 247 g/mol. The van der Waals surface area contributed by atoms with Gasteiger partial charge in [-0.2, -0.15) is 0 Å². The first-order valence-electron chi connectivity index (χ1n) is 6.66. The van der Waals surface area contributed by atoms with E-state index in [1.807, 2.05) is 30.9 Å². The molecule has 0 spiro atoms. The first-order valence-corrected chi connectivity index (χ1v) is 6.66. The molecule has 4 heteroatoms. The van der Waals surface area contributed by atoms with Crippen LogP contribution >= 0.6 is 0 Å². The summed E-state index contributed by atoms with van der Waals surface area (Å²) in [6, 6.07) is 4.19. The zero-order chi connectivity index (χ0) is 13.0. The van der Waals surface area contributed by atoms with Crippen LogP contribution in [0.2, 0.25) is 0 Å². The van der Waals surface area contributed by atoms with Gasteiger partial charge in [0.15, 0.2) is 0 Å². The Morgan fingerprint density at radius 3 is 2.94 bits per heavy atom. The van der Waals surface area contributed by atoms with Crippen molar-refractivity contribution in [3.63, 3.8) is 0 Å². The molecule has 0 bridgehead atoms. The minimum atomic E-state index is 0.0821. The highest BCUT2D eigenvalue weighted by Gasteiger charge is 2.21. The Bertz CT molecular complexity index is 396. The van der Waals surface area contributed by atoms with Crippen LogP contribution in [-0.4, -0.2) is 41.5 Å². The van der Waals surface area contributed by atoms with Gasteiger partial charge < -0.3 is 10.2 Å². The number of hydrogen-bond donors (Lipinski definition) is 1. The summed E-state index contributed by atoms with van der Waals surface area (Å²) in [5, 5.41) is 3.43. The Morgan fingerprint density at radius 1 is 1.56 bits per heavy atom. The summed E-state index contributed by atoms with van der Waals surface area (Å²) in [5.41, 5.74) is 1.62. The Morgan fingerprint density at radius 2 is 2.39 bits per heavy atom. The van der Waals surface area contributed by atoms with Crippen LogP contribution in [0.4, 0.5) is 0 Å². The molecule has 18 heavy (non-hydrogen) atoms. The number of pyridine rings is 1. The molecule has 1 unspecified atom stereocenters. The molecule has 4 nitrogen and oxygen atoms in total. The van der Waals surface area contributed by atoms with E-state index in [9.17, 15) is 4.79 Å². The van der Waals surface area contributed by atoms with Crippen molar-refractivity contribution in [2.24, 2.45) is 0 Å². The maximum atomic E-state index is 12.3. The third kappa shape index (κ3) is 3.07. The summed E-state index contributed by atoms with van der Waals surface area (Å²) in [5.74, 6) is 0.0821. The Labute approximate surface area is 108 Å². The van der Waals surface area contributed by atoms with Gasteiger partial charge in [0.2, 0.25) is 0 Å². The van der Waals surface area contributed by atoms with E-state index in [-0.39, 0.29) is 5.91 Å². The average Bonchev–Trinajstić information content (AvgIpc) is 2.89. The first-order chi connectivity index (χ1) is 8.70. The number of likely N-dealkylation sites (N-methyl/N-ethyl adjacent to an activating group) is 1. The van der Waals surface area contributed by atoms with Gasteiger partial charge in [-0.05, 0) is 45.4 Å². The maximum absolute atomic E-state index is 12.3. The Kier molecular flexibility index (Phi) is 4.31. The lowest BCUT2D eigenvalue weighted by molar-refractivity contribution is 0.0751. The number of aryl methyl sites for hydroxylation is 1. The second-order valence-electron chi connectivity index (χ2n) is 4.83. The van der Waals surface area contributed by atoms with Gasteiger partial charge in [0.1, 0.15) is 0 Å². The van der Waals surface area contributed by atoms with Crippen molar-refractivity contribution in [3.05, 3.63) is 29.6 Å². The predicted octanol–water partition coefficient (Wildman–Crippen LogP) is 1.60. The summed E-state index contributed by atoms with van der Waals surface area (Å²) < 4.78 is 0. The number of amides is 1. The smallest absolute Gasteiger partial charge is 0.255 e. The van der Waals surface area contributed by atoms with Gasteiger partial charge in [-0.3, -0.25) is 9.78 Å². The number of carbonyl (C=O) groups excluding carboxylic acids is 1. The van der Waals surface area contributed by atoms with Gasteiger partial charge in [0, 0.05) is 31.0 Å². The van der Waals surface area contributed by atoms with E-state index in [2.05, 4.69) is 10.3 Å². The van der Waals surface area contributed by atoms with Crippen LogP contribution in [0.5, 0.6) is 0 Å². The minimum Gasteiger partial charge on any atom is -0.337 e. The van der Waals surface area contributed by atoms with Crippen molar-refractivity contribution >= 4 is 5.91 Å². The van der Waals surface area contributed by atoms with Crippen LogP contribution in [0, 0.1) is 6.92 Å². The third-order valence-electron chi connectivity index (χ3n) is 3.43. The lowest BCUT2D eigenvalue weighted by Crippen LogP contribution is -2.41. The van der Waals surface area contributed by atoms with Gasteiger partial charge in [-0.15, -0.1) is 0 Å². The standard InChI is InChI=1S/C14H21N3O/c1-3-17(10-13-5-4-8-15-13)14(18)12-7-6-11(2)16-9-12/h6-7,9,13,15H,3-5,8,10H2,1-2H3. The number of hydrogen-bond acceptors (Lipinski definition) is 3. The molecular formula is C14H21N3O. The van der Waals surface area contributed by atoms with Crippen molar-refractivity contribution in [2.45, 2.75) is 32.7 Å². The van der Waals surface area contributed by atoms with E-state index in [1.165, 1.54) is 6.42 Å². The highest BCUT2D eigenvalue weighted by Crippen LogP contribution is 2.10. The van der Waals surface area contributed by atoms with E-state index >= 15 is 0 Å². The van der Waals surface area contributed by atoms with Gasteiger partial charge in [-0.25, -0.2) is 0 Å². The van der Waals surface area contributed by atoms with Crippen molar-refractivity contribution in [3.8, 4) is 0 Å². The molecule has 0 aliphatic carbocycles. The topological polar surface area (TPSA) is 45.2 Å². The van der Waals surface area contributed by atoms with E-state index in [4.69, 9.17) is 0 Å². The molecule has 1 aromatic rings. The molecule has 2 heterocycles. The predicted molar refractivity (Wildman–Crippen MR) is 71.6 cm³/mol. The normalized spacial score (nSPS) is 18.9. The maximum Gasteiger partial charge on any atom is 0.255 e. The van der Waals surface area contributed by atoms with Crippen LogP contribution < -0.4 is 5.32 Å². The zero-order valence-corrected chi connectivity index (χ0v) is 11.1. The van der Waals surface area contributed by atoms with E-state index in [0.717, 1.165) is 31.7 Å². The number of aromatic nitrogens is 1. The second kappa shape index (κ2) is 5.96. The first kappa shape index (κ1) is 13.0. The Balaban J connectivity index is 2.02. The summed E-state index contributed by atoms with van der Waals surface area (Å²) in [7, 11) is 0. The molecule has 2 rings (SSSR count). The number of nitrogens with one attached hydrogen (secondary N) is 1. The fourth-order valence-corrected chi connectivity index (χ4v) is 2.31. The van der Waals surface area contributed by atoms with Crippen molar-refractivity contribution < 1.29 is 4.79 Å². The summed E-state index contributed by atoms with van der Waals surface area (Å²) >= 11 is 0. The lowest BCUT2D eigenvalue weighted by atomic mass is 10.2. The fourth-order valence-electron chi connectivity index (χ4n) is 2.31. The molecule has 1 N–H and O–H groups in total. The molecule has 0 aromatic carbocycles. The van der Waals surface area contributed by atoms with Gasteiger partial charge in [0.25, 0.3) is 5.91 Å². The highest BCUT2D eigenvalue weighted by atomic mass is 16.2. The minimum absolute atomic E-state index is 0.0821. The van der Waals surface area contributed by atoms with E-state index in [1.54, 1.807) is 6.20 Å². The molecule has 0 radical (unpaired) electrons. The SMILES string of the molecule is CCN(CC1CCCN1)C(=O)c1ccc(C)nc1. The third-order valence-corrected chi connectivity index (χ3v) is 3.43. The summed E-state index contributed by atoms with van der Waals surface area (Å²) in [4.78, 5) is 18.4. The quantitative estimate of drug-likeness (QED) is 0.879. The van der Waals surface area contributed by atoms with Crippen LogP contribution in [0.3, 0.4) is 0 Å². The lowest BCUT2D eigenvalue weighted by Gasteiger charge is -2.24. The van der Waals surface area contributed by atoms with Crippen molar-refractivity contribution in [1.29, 1.82) is 0 Å². The number of carbonyl (C=O) groups is 1. The Hall–Kier alpha value is -1.42. The summed E-state index contributed by atoms with van der Waals surface area (Å²) in [6.07, 6.45) is 4.04. The van der Waals surface area contributed by atoms with Crippen LogP contribution in [0.1, 0.15) is 35.8 Å². The van der Waals surface area contributed by atoms with Crippen molar-refractivity contribution in [2.75, 3.05) is 19.6 Å². The second-order valence-corrected chi connectivity index (χ2v) is 4.83. The van der Waals surface area contributed by atoms with Gasteiger partial charge >= 0.3 is 0 Å². The zero-order valence-electron chi connectivity index (χ0n) is 11.1. The number of rotatable bonds is 4. The largest absolute Gasteiger partial charge is 0.337 e. The molecule has 1 aliphatic rings. The number of nitrogens with zero attached hydrogens (tertiary/aromatic N) is 2. The van der Waals surface area contributed by atoms with E-state index in [0.29, 0.717) is 11.6 Å². The van der Waals surface area contributed by atoms with E-state index < -0.39 is 0 Å². The molecule has 0 saturated carbocycles. The fraction of sp³-hybridized carbons (Fsp3) is 0.571. The molecule has 1 saturated heterocycles. The van der Waals surface area contributed by atoms with Crippen LogP contribution in [0.25, 0.3) is 0 Å². The van der Waals surface area contributed by atoms with Gasteiger partial charge in [0.05, 0.1) is 5.56 Å². The van der Waals surface area contributed by atoms with Crippen LogP contribution in [0.15, 0.2) is 18.3 Å². The average molecular weight is 247 g/mol. The molecule has 1 atom stereocenters. The molecule has 1 fully saturated rings. The van der Waals surface area contributed by atoms with Gasteiger partial charge in [-0.1, -0.05) is 0 Å². The molecule has 1 aromatic heterocycles.